The summed E-state index contributed by atoms with van der Waals surface area (Å²) in [6.07, 6.45) is 0.473. The molecule has 0 aromatic heterocycles. The second-order valence-corrected chi connectivity index (χ2v) is 5.66. The minimum Gasteiger partial charge on any atom is -0.399 e. The number of benzene rings is 2. The summed E-state index contributed by atoms with van der Waals surface area (Å²) in [5.74, 6) is -0.571. The summed E-state index contributed by atoms with van der Waals surface area (Å²) in [5, 5.41) is 5.37. The molecule has 2 aromatic carbocycles. The lowest BCUT2D eigenvalue weighted by molar-refractivity contribution is 0.0653. The van der Waals surface area contributed by atoms with Gasteiger partial charge in [-0.2, -0.15) is 0 Å². The number of nitrogens with two attached hydrogens (primary N) is 1. The van der Waals surface area contributed by atoms with Gasteiger partial charge in [-0.05, 0) is 42.8 Å². The number of hydrogen-bond acceptors (Lipinski definition) is 4. The van der Waals surface area contributed by atoms with Crippen LogP contribution in [0.1, 0.15) is 27.1 Å². The van der Waals surface area contributed by atoms with Gasteiger partial charge in [0.2, 0.25) is 0 Å². The van der Waals surface area contributed by atoms with Gasteiger partial charge >= 0.3 is 6.03 Å². The van der Waals surface area contributed by atoms with Gasteiger partial charge in [0, 0.05) is 24.5 Å². The molecule has 1 aliphatic rings. The van der Waals surface area contributed by atoms with Crippen LogP contribution in [-0.2, 0) is 0 Å². The zero-order chi connectivity index (χ0) is 17.8. The molecule has 0 saturated carbocycles. The average molecular weight is 338 g/mol. The molecule has 4 N–H and O–H groups in total. The standard InChI is InChI=1S/C18H18N4O3/c19-12-6-8-13(9-7-12)21-18(25)20-10-3-11-22-16(23)14-4-1-2-5-15(14)17(22)24/h1-2,4-9H,3,10-11,19H2,(H2,20,21,25). The van der Waals surface area contributed by atoms with Crippen molar-refractivity contribution in [3.05, 3.63) is 59.7 Å². The third kappa shape index (κ3) is 3.60. The molecule has 1 aliphatic heterocycles. The molecule has 1 heterocycles. The Morgan fingerprint density at radius 1 is 0.960 bits per heavy atom. The van der Waals surface area contributed by atoms with E-state index in [2.05, 4.69) is 10.6 Å². The Balaban J connectivity index is 1.45. The van der Waals surface area contributed by atoms with E-state index in [-0.39, 0.29) is 24.4 Å². The summed E-state index contributed by atoms with van der Waals surface area (Å²) in [6.45, 7) is 0.600. The van der Waals surface area contributed by atoms with Crippen LogP contribution in [0, 0.1) is 0 Å². The predicted molar refractivity (Wildman–Crippen MR) is 94.3 cm³/mol. The zero-order valence-electron chi connectivity index (χ0n) is 13.5. The summed E-state index contributed by atoms with van der Waals surface area (Å²) >= 11 is 0. The first kappa shape index (κ1) is 16.5. The van der Waals surface area contributed by atoms with E-state index in [1.165, 1.54) is 4.90 Å². The van der Waals surface area contributed by atoms with E-state index < -0.39 is 0 Å². The molecule has 0 fully saturated rings. The number of urea groups is 1. The van der Waals surface area contributed by atoms with Crippen molar-refractivity contribution in [3.63, 3.8) is 0 Å². The second-order valence-electron chi connectivity index (χ2n) is 5.66. The largest absolute Gasteiger partial charge is 0.399 e. The predicted octanol–water partition coefficient (Wildman–Crippen LogP) is 2.08. The molecule has 0 aliphatic carbocycles. The third-order valence-corrected chi connectivity index (χ3v) is 3.89. The number of anilines is 2. The van der Waals surface area contributed by atoms with Crippen molar-refractivity contribution in [2.45, 2.75) is 6.42 Å². The Labute approximate surface area is 144 Å². The molecular weight excluding hydrogens is 320 g/mol. The van der Waals surface area contributed by atoms with Crippen molar-refractivity contribution in [1.29, 1.82) is 0 Å². The molecule has 2 aromatic rings. The summed E-state index contributed by atoms with van der Waals surface area (Å²) in [4.78, 5) is 37.4. The van der Waals surface area contributed by atoms with Crippen molar-refractivity contribution >= 4 is 29.2 Å². The molecule has 0 unspecified atom stereocenters. The molecule has 7 nitrogen and oxygen atoms in total. The third-order valence-electron chi connectivity index (χ3n) is 3.89. The highest BCUT2D eigenvalue weighted by molar-refractivity contribution is 6.21. The van der Waals surface area contributed by atoms with Gasteiger partial charge in [-0.25, -0.2) is 4.79 Å². The van der Waals surface area contributed by atoms with Gasteiger partial charge in [-0.1, -0.05) is 12.1 Å². The van der Waals surface area contributed by atoms with E-state index in [9.17, 15) is 14.4 Å². The highest BCUT2D eigenvalue weighted by atomic mass is 16.2. The van der Waals surface area contributed by atoms with Gasteiger partial charge in [0.15, 0.2) is 0 Å². The van der Waals surface area contributed by atoms with Crippen LogP contribution in [0.4, 0.5) is 16.2 Å². The quantitative estimate of drug-likeness (QED) is 0.441. The van der Waals surface area contributed by atoms with Gasteiger partial charge in [0.25, 0.3) is 11.8 Å². The smallest absolute Gasteiger partial charge is 0.319 e. The van der Waals surface area contributed by atoms with Crippen molar-refractivity contribution in [3.8, 4) is 0 Å². The number of nitrogens with zero attached hydrogens (tertiary/aromatic N) is 1. The summed E-state index contributed by atoms with van der Waals surface area (Å²) in [5.41, 5.74) is 7.69. The van der Waals surface area contributed by atoms with Crippen LogP contribution in [0.15, 0.2) is 48.5 Å². The normalized spacial score (nSPS) is 12.9. The van der Waals surface area contributed by atoms with E-state index in [1.54, 1.807) is 48.5 Å². The maximum absolute atomic E-state index is 12.2. The Morgan fingerprint density at radius 2 is 1.56 bits per heavy atom. The number of nitrogens with one attached hydrogen (secondary N) is 2. The molecular formula is C18H18N4O3. The van der Waals surface area contributed by atoms with E-state index in [4.69, 9.17) is 5.73 Å². The first-order valence-corrected chi connectivity index (χ1v) is 7.92. The van der Waals surface area contributed by atoms with E-state index >= 15 is 0 Å². The van der Waals surface area contributed by atoms with Gasteiger partial charge < -0.3 is 16.4 Å². The molecule has 0 radical (unpaired) electrons. The van der Waals surface area contributed by atoms with Crippen LogP contribution >= 0.6 is 0 Å². The minimum atomic E-state index is -0.355. The molecule has 0 atom stereocenters. The first-order valence-electron chi connectivity index (χ1n) is 7.92. The first-order chi connectivity index (χ1) is 12.1. The second kappa shape index (κ2) is 7.04. The molecule has 3 rings (SSSR count). The Bertz CT molecular complexity index is 782. The van der Waals surface area contributed by atoms with Crippen LogP contribution in [0.2, 0.25) is 0 Å². The number of amides is 4. The number of hydrogen-bond donors (Lipinski definition) is 3. The van der Waals surface area contributed by atoms with Crippen molar-refractivity contribution in [2.75, 3.05) is 24.1 Å². The lowest BCUT2D eigenvalue weighted by Gasteiger charge is -2.14. The van der Waals surface area contributed by atoms with Crippen LogP contribution in [0.3, 0.4) is 0 Å². The number of carbonyl (C=O) groups excluding carboxylic acids is 3. The van der Waals surface area contributed by atoms with Crippen LogP contribution < -0.4 is 16.4 Å². The number of nitrogen functional groups attached to an aromatic ring is 1. The highest BCUT2D eigenvalue weighted by Crippen LogP contribution is 2.22. The molecule has 0 spiro atoms. The maximum Gasteiger partial charge on any atom is 0.319 e. The van der Waals surface area contributed by atoms with Gasteiger partial charge in [0.05, 0.1) is 11.1 Å². The number of rotatable bonds is 5. The van der Waals surface area contributed by atoms with E-state index in [0.717, 1.165) is 0 Å². The van der Waals surface area contributed by atoms with E-state index in [1.807, 2.05) is 0 Å². The van der Waals surface area contributed by atoms with Crippen molar-refractivity contribution in [1.82, 2.24) is 10.2 Å². The highest BCUT2D eigenvalue weighted by Gasteiger charge is 2.34. The molecule has 0 bridgehead atoms. The molecule has 0 saturated heterocycles. The maximum atomic E-state index is 12.2. The number of fused-ring (bicyclic) bond motifs is 1. The van der Waals surface area contributed by atoms with Gasteiger partial charge in [-0.3, -0.25) is 14.5 Å². The lowest BCUT2D eigenvalue weighted by Crippen LogP contribution is -2.35. The Morgan fingerprint density at radius 3 is 2.16 bits per heavy atom. The molecule has 128 valence electrons. The molecule has 7 heteroatoms. The van der Waals surface area contributed by atoms with Crippen LogP contribution in [0.5, 0.6) is 0 Å². The molecule has 25 heavy (non-hydrogen) atoms. The fourth-order valence-electron chi connectivity index (χ4n) is 2.62. The average Bonchev–Trinajstić information content (AvgIpc) is 2.86. The summed E-state index contributed by atoms with van der Waals surface area (Å²) in [7, 11) is 0. The number of imide groups is 1. The fraction of sp³-hybridized carbons (Fsp3) is 0.167. The van der Waals surface area contributed by atoms with Gasteiger partial charge in [0.1, 0.15) is 0 Å². The summed E-state index contributed by atoms with van der Waals surface area (Å²) < 4.78 is 0. The van der Waals surface area contributed by atoms with Crippen LogP contribution in [-0.4, -0.2) is 35.8 Å². The van der Waals surface area contributed by atoms with Crippen molar-refractivity contribution < 1.29 is 14.4 Å². The van der Waals surface area contributed by atoms with Gasteiger partial charge in [-0.15, -0.1) is 0 Å². The van der Waals surface area contributed by atoms with Crippen molar-refractivity contribution in [2.24, 2.45) is 0 Å². The minimum absolute atomic E-state index is 0.258. The SMILES string of the molecule is Nc1ccc(NC(=O)NCCCN2C(=O)c3ccccc3C2=O)cc1. The Hall–Kier alpha value is -3.35. The Kier molecular flexibility index (Phi) is 4.65. The zero-order valence-corrected chi connectivity index (χ0v) is 13.5. The molecule has 4 amide bonds. The van der Waals surface area contributed by atoms with E-state index in [0.29, 0.717) is 35.5 Å². The topological polar surface area (TPSA) is 105 Å². The van der Waals surface area contributed by atoms with Crippen LogP contribution in [0.25, 0.3) is 0 Å². The monoisotopic (exact) mass is 338 g/mol. The summed E-state index contributed by atoms with van der Waals surface area (Å²) in [6, 6.07) is 13.2. The fourth-order valence-corrected chi connectivity index (χ4v) is 2.62. The number of carbonyl (C=O) groups is 3. The lowest BCUT2D eigenvalue weighted by atomic mass is 10.1.